The summed E-state index contributed by atoms with van der Waals surface area (Å²) >= 11 is 0. The van der Waals surface area contributed by atoms with Crippen LogP contribution in [0.15, 0.2) is 0 Å². The second kappa shape index (κ2) is 7.72. The highest BCUT2D eigenvalue weighted by molar-refractivity contribution is 5.71. The van der Waals surface area contributed by atoms with Crippen molar-refractivity contribution in [2.75, 3.05) is 0 Å². The Kier molecular flexibility index (Phi) is 5.91. The van der Waals surface area contributed by atoms with E-state index in [1.165, 1.54) is 32.1 Å². The maximum absolute atomic E-state index is 12.1. The van der Waals surface area contributed by atoms with Crippen LogP contribution in [0.4, 0.5) is 0 Å². The number of carboxylic acids is 2. The molecule has 0 heterocycles. The lowest BCUT2D eigenvalue weighted by Crippen LogP contribution is -2.67. The van der Waals surface area contributed by atoms with Gasteiger partial charge in [0.2, 0.25) is 0 Å². The minimum absolute atomic E-state index is 0.0854. The van der Waals surface area contributed by atoms with Crippen LogP contribution in [-0.4, -0.2) is 22.2 Å². The maximum atomic E-state index is 12.1. The molecule has 0 aromatic heterocycles. The third-order valence-electron chi connectivity index (χ3n) is 13.3. The van der Waals surface area contributed by atoms with Gasteiger partial charge in [-0.2, -0.15) is 0 Å². The lowest BCUT2D eigenvalue weighted by atomic mass is 9.30. The fourth-order valence-corrected chi connectivity index (χ4v) is 10.6. The molecule has 9 atom stereocenters. The Bertz CT molecular complexity index is 864. The first-order valence-corrected chi connectivity index (χ1v) is 13.9. The monoisotopic (exact) mass is 474 g/mol. The number of aliphatic carboxylic acids is 2. The SMILES string of the molecule is C[C@@H](C(=O)O)[C@@]1(C)CCC2[C@@](C)(CC[C@@]3(C)C4CC(C)(C)CC[C@]4(C)CC[C@]23C)C1CC(=O)O. The van der Waals surface area contributed by atoms with Crippen molar-refractivity contribution in [2.24, 2.45) is 56.2 Å². The van der Waals surface area contributed by atoms with Crippen LogP contribution in [0, 0.1) is 56.2 Å². The molecule has 2 N–H and O–H groups in total. The maximum Gasteiger partial charge on any atom is 0.306 e. The first-order valence-electron chi connectivity index (χ1n) is 13.9. The quantitative estimate of drug-likeness (QED) is 0.439. The van der Waals surface area contributed by atoms with Gasteiger partial charge in [0.15, 0.2) is 0 Å². The molecular weight excluding hydrogens is 424 g/mol. The Morgan fingerprint density at radius 1 is 0.794 bits per heavy atom. The normalized spacial score (nSPS) is 50.9. The van der Waals surface area contributed by atoms with Crippen molar-refractivity contribution in [3.05, 3.63) is 0 Å². The van der Waals surface area contributed by atoms with Gasteiger partial charge in [0.1, 0.15) is 0 Å². The fourth-order valence-electron chi connectivity index (χ4n) is 10.6. The molecule has 0 amide bonds. The molecule has 194 valence electrons. The number of carboxylic acid groups (broad SMARTS) is 2. The van der Waals surface area contributed by atoms with Crippen LogP contribution in [0.5, 0.6) is 0 Å². The number of hydrogen-bond donors (Lipinski definition) is 2. The van der Waals surface area contributed by atoms with Crippen molar-refractivity contribution in [1.82, 2.24) is 0 Å². The second-order valence-corrected chi connectivity index (χ2v) is 15.2. The molecule has 4 saturated carbocycles. The van der Waals surface area contributed by atoms with Gasteiger partial charge in [0.25, 0.3) is 0 Å². The van der Waals surface area contributed by atoms with E-state index < -0.39 is 23.3 Å². The van der Waals surface area contributed by atoms with E-state index in [0.717, 1.165) is 25.7 Å². The van der Waals surface area contributed by atoms with E-state index in [9.17, 15) is 19.8 Å². The lowest BCUT2D eigenvalue weighted by Gasteiger charge is -2.74. The largest absolute Gasteiger partial charge is 0.481 e. The van der Waals surface area contributed by atoms with Gasteiger partial charge in [-0.25, -0.2) is 0 Å². The van der Waals surface area contributed by atoms with Crippen LogP contribution >= 0.6 is 0 Å². The molecule has 0 radical (unpaired) electrons. The number of rotatable bonds is 4. The average molecular weight is 475 g/mol. The topological polar surface area (TPSA) is 74.6 Å². The number of fused-ring (bicyclic) bond motifs is 5. The van der Waals surface area contributed by atoms with Crippen LogP contribution < -0.4 is 0 Å². The zero-order valence-electron chi connectivity index (χ0n) is 23.1. The van der Waals surface area contributed by atoms with E-state index in [4.69, 9.17) is 0 Å². The molecule has 0 saturated heterocycles. The molecule has 4 nitrogen and oxygen atoms in total. The minimum Gasteiger partial charge on any atom is -0.481 e. The summed E-state index contributed by atoms with van der Waals surface area (Å²) in [4.78, 5) is 24.3. The standard InChI is InChI=1S/C30H50O4/c1-19(24(33)34)27(5)10-9-20-28(6,21(27)17-23(31)32)14-16-30(8)22-18-25(2,3)11-12-26(22,4)13-15-29(20,30)7/h19-22H,9-18H2,1-8H3,(H,31,32)(H,33,34)/t19-,20?,21?,22?,26+,27+,28+,29+,30-/m0/s1. The third-order valence-corrected chi connectivity index (χ3v) is 13.3. The molecule has 34 heavy (non-hydrogen) atoms. The fraction of sp³-hybridized carbons (Fsp3) is 0.933. The van der Waals surface area contributed by atoms with Gasteiger partial charge in [-0.1, -0.05) is 55.4 Å². The van der Waals surface area contributed by atoms with E-state index in [2.05, 4.69) is 48.5 Å². The molecule has 4 rings (SSSR count). The third kappa shape index (κ3) is 3.43. The summed E-state index contributed by atoms with van der Waals surface area (Å²) in [6.45, 7) is 18.9. The second-order valence-electron chi connectivity index (χ2n) is 15.2. The van der Waals surface area contributed by atoms with Crippen molar-refractivity contribution >= 4 is 11.9 Å². The molecule has 0 bridgehead atoms. The summed E-state index contributed by atoms with van der Waals surface area (Å²) in [7, 11) is 0. The summed E-state index contributed by atoms with van der Waals surface area (Å²) in [6.07, 6.45) is 10.5. The molecule has 3 unspecified atom stereocenters. The molecule has 0 aromatic rings. The molecule has 4 aliphatic carbocycles. The predicted molar refractivity (Wildman–Crippen MR) is 135 cm³/mol. The van der Waals surface area contributed by atoms with E-state index >= 15 is 0 Å². The Labute approximate surface area is 207 Å². The highest BCUT2D eigenvalue weighted by Crippen LogP contribution is 2.77. The van der Waals surface area contributed by atoms with Crippen LogP contribution in [0.25, 0.3) is 0 Å². The zero-order valence-corrected chi connectivity index (χ0v) is 23.1. The van der Waals surface area contributed by atoms with Gasteiger partial charge in [-0.15, -0.1) is 0 Å². The summed E-state index contributed by atoms with van der Waals surface area (Å²) in [5.41, 5.74) is 0.597. The van der Waals surface area contributed by atoms with Gasteiger partial charge in [-0.05, 0) is 108 Å². The smallest absolute Gasteiger partial charge is 0.306 e. The van der Waals surface area contributed by atoms with Crippen LogP contribution in [0.3, 0.4) is 0 Å². The average Bonchev–Trinajstić information content (AvgIpc) is 2.73. The van der Waals surface area contributed by atoms with Crippen LogP contribution in [-0.2, 0) is 9.59 Å². The van der Waals surface area contributed by atoms with E-state index in [1.54, 1.807) is 0 Å². The zero-order chi connectivity index (χ0) is 25.5. The summed E-state index contributed by atoms with van der Waals surface area (Å²) in [5, 5.41) is 19.9. The summed E-state index contributed by atoms with van der Waals surface area (Å²) in [6, 6.07) is 0. The molecule has 0 spiro atoms. The first kappa shape index (κ1) is 26.0. The molecule has 0 aromatic carbocycles. The highest BCUT2D eigenvalue weighted by Gasteiger charge is 2.70. The number of carbonyl (C=O) groups is 2. The van der Waals surface area contributed by atoms with Gasteiger partial charge in [0.05, 0.1) is 5.92 Å². The molecule has 4 fully saturated rings. The summed E-state index contributed by atoms with van der Waals surface area (Å²) < 4.78 is 0. The minimum atomic E-state index is -0.787. The summed E-state index contributed by atoms with van der Waals surface area (Å²) in [5.74, 6) is -1.06. The van der Waals surface area contributed by atoms with E-state index in [0.29, 0.717) is 22.7 Å². The molecule has 4 aliphatic rings. The highest BCUT2D eigenvalue weighted by atomic mass is 16.4. The molecule has 0 aliphatic heterocycles. The predicted octanol–water partition coefficient (Wildman–Crippen LogP) is 7.65. The van der Waals surface area contributed by atoms with Crippen molar-refractivity contribution in [2.45, 2.75) is 120 Å². The first-order chi connectivity index (χ1) is 15.5. The van der Waals surface area contributed by atoms with Gasteiger partial charge < -0.3 is 10.2 Å². The van der Waals surface area contributed by atoms with E-state index in [-0.39, 0.29) is 28.6 Å². The Morgan fingerprint density at radius 3 is 1.94 bits per heavy atom. The molecular formula is C30H50O4. The number of hydrogen-bond acceptors (Lipinski definition) is 2. The lowest BCUT2D eigenvalue weighted by molar-refractivity contribution is -0.255. The Morgan fingerprint density at radius 2 is 1.35 bits per heavy atom. The van der Waals surface area contributed by atoms with Crippen molar-refractivity contribution in [3.8, 4) is 0 Å². The van der Waals surface area contributed by atoms with Gasteiger partial charge in [-0.3, -0.25) is 9.59 Å². The van der Waals surface area contributed by atoms with Crippen molar-refractivity contribution in [3.63, 3.8) is 0 Å². The Hall–Kier alpha value is -1.06. The van der Waals surface area contributed by atoms with E-state index in [1.807, 2.05) is 6.92 Å². The van der Waals surface area contributed by atoms with Gasteiger partial charge in [0, 0.05) is 6.42 Å². The van der Waals surface area contributed by atoms with Crippen LogP contribution in [0.1, 0.15) is 120 Å². The molecule has 4 heteroatoms. The van der Waals surface area contributed by atoms with Crippen molar-refractivity contribution in [1.29, 1.82) is 0 Å². The van der Waals surface area contributed by atoms with Crippen LogP contribution in [0.2, 0.25) is 0 Å². The van der Waals surface area contributed by atoms with Crippen molar-refractivity contribution < 1.29 is 19.8 Å². The Balaban J connectivity index is 1.78. The van der Waals surface area contributed by atoms with Gasteiger partial charge >= 0.3 is 11.9 Å².